The summed E-state index contributed by atoms with van der Waals surface area (Å²) in [5, 5.41) is 0. The van der Waals surface area contributed by atoms with Crippen molar-refractivity contribution in [2.24, 2.45) is 5.92 Å². The summed E-state index contributed by atoms with van der Waals surface area (Å²) in [6.45, 7) is 2.29. The van der Waals surface area contributed by atoms with Gasteiger partial charge in [0.2, 0.25) is 0 Å². The summed E-state index contributed by atoms with van der Waals surface area (Å²) in [7, 11) is 0. The second kappa shape index (κ2) is 4.17. The second-order valence-electron chi connectivity index (χ2n) is 4.65. The van der Waals surface area contributed by atoms with E-state index in [0.29, 0.717) is 5.92 Å². The van der Waals surface area contributed by atoms with Gasteiger partial charge in [-0.1, -0.05) is 43.3 Å². The minimum absolute atomic E-state index is 0.564. The van der Waals surface area contributed by atoms with Gasteiger partial charge in [-0.2, -0.15) is 0 Å². The molecule has 1 aromatic carbocycles. The van der Waals surface area contributed by atoms with Crippen LogP contribution in [-0.2, 0) is 6.42 Å². The van der Waals surface area contributed by atoms with Crippen LogP contribution in [-0.4, -0.2) is 4.98 Å². The van der Waals surface area contributed by atoms with Gasteiger partial charge >= 0.3 is 0 Å². The summed E-state index contributed by atoms with van der Waals surface area (Å²) in [6, 6.07) is 12.8. The summed E-state index contributed by atoms with van der Waals surface area (Å²) in [5.74, 6) is 0.564. The zero-order valence-electron chi connectivity index (χ0n) is 9.93. The third-order valence-corrected chi connectivity index (χ3v) is 3.42. The number of aromatic nitrogens is 1. The average molecular weight is 221 g/mol. The molecule has 0 radical (unpaired) electrons. The topological polar surface area (TPSA) is 12.9 Å². The SMILES string of the molecule is C[C@@H]1Cc2ccccc2C=C1c1cccnc1. The predicted octanol–water partition coefficient (Wildman–Crippen LogP) is 3.81. The van der Waals surface area contributed by atoms with Crippen molar-refractivity contribution in [1.29, 1.82) is 0 Å². The van der Waals surface area contributed by atoms with Crippen molar-refractivity contribution >= 4 is 11.6 Å². The van der Waals surface area contributed by atoms with E-state index in [1.807, 2.05) is 18.5 Å². The molecule has 0 saturated carbocycles. The first kappa shape index (κ1) is 10.3. The molecule has 0 saturated heterocycles. The molecule has 0 bridgehead atoms. The highest BCUT2D eigenvalue weighted by atomic mass is 14.6. The monoisotopic (exact) mass is 221 g/mol. The molecule has 17 heavy (non-hydrogen) atoms. The minimum atomic E-state index is 0.564. The van der Waals surface area contributed by atoms with Crippen LogP contribution in [0.25, 0.3) is 11.6 Å². The van der Waals surface area contributed by atoms with Crippen molar-refractivity contribution in [2.75, 3.05) is 0 Å². The van der Waals surface area contributed by atoms with Crippen molar-refractivity contribution in [1.82, 2.24) is 4.98 Å². The predicted molar refractivity (Wildman–Crippen MR) is 71.4 cm³/mol. The molecule has 0 unspecified atom stereocenters. The minimum Gasteiger partial charge on any atom is -0.264 e. The summed E-state index contributed by atoms with van der Waals surface area (Å²) in [5.41, 5.74) is 5.45. The van der Waals surface area contributed by atoms with Crippen LogP contribution in [0.3, 0.4) is 0 Å². The van der Waals surface area contributed by atoms with Crippen LogP contribution in [0.4, 0.5) is 0 Å². The van der Waals surface area contributed by atoms with Crippen molar-refractivity contribution in [2.45, 2.75) is 13.3 Å². The van der Waals surface area contributed by atoms with Gasteiger partial charge in [-0.15, -0.1) is 0 Å². The normalized spacial score (nSPS) is 18.4. The van der Waals surface area contributed by atoms with Crippen LogP contribution in [0.1, 0.15) is 23.6 Å². The van der Waals surface area contributed by atoms with E-state index in [9.17, 15) is 0 Å². The standard InChI is InChI=1S/C16H15N/c1-12-9-13-5-2-3-6-14(13)10-16(12)15-7-4-8-17-11-15/h2-8,10-12H,9H2,1H3/t12-/m1/s1. The number of allylic oxidation sites excluding steroid dienone is 1. The van der Waals surface area contributed by atoms with Gasteiger partial charge in [0, 0.05) is 12.4 Å². The molecule has 0 fully saturated rings. The average Bonchev–Trinajstić information content (AvgIpc) is 2.39. The highest BCUT2D eigenvalue weighted by Gasteiger charge is 2.18. The fourth-order valence-corrected chi connectivity index (χ4v) is 2.51. The van der Waals surface area contributed by atoms with Gasteiger partial charge in [-0.3, -0.25) is 4.98 Å². The largest absolute Gasteiger partial charge is 0.264 e. The van der Waals surface area contributed by atoms with Crippen LogP contribution >= 0.6 is 0 Å². The van der Waals surface area contributed by atoms with Crippen LogP contribution in [0.5, 0.6) is 0 Å². The molecule has 1 aliphatic rings. The van der Waals surface area contributed by atoms with E-state index in [2.05, 4.69) is 48.3 Å². The molecule has 0 N–H and O–H groups in total. The van der Waals surface area contributed by atoms with Gasteiger partial charge in [0.1, 0.15) is 0 Å². The molecule has 1 aliphatic carbocycles. The van der Waals surface area contributed by atoms with E-state index in [1.165, 1.54) is 22.3 Å². The molecule has 1 heteroatoms. The molecular weight excluding hydrogens is 206 g/mol. The number of nitrogens with zero attached hydrogens (tertiary/aromatic N) is 1. The lowest BCUT2D eigenvalue weighted by atomic mass is 9.82. The highest BCUT2D eigenvalue weighted by molar-refractivity contribution is 5.85. The maximum Gasteiger partial charge on any atom is 0.0343 e. The summed E-state index contributed by atoms with van der Waals surface area (Å²) in [6.07, 6.45) is 7.21. The van der Waals surface area contributed by atoms with Crippen molar-refractivity contribution in [3.8, 4) is 0 Å². The number of hydrogen-bond acceptors (Lipinski definition) is 1. The smallest absolute Gasteiger partial charge is 0.0343 e. The fourth-order valence-electron chi connectivity index (χ4n) is 2.51. The number of benzene rings is 1. The van der Waals surface area contributed by atoms with Gasteiger partial charge in [0.15, 0.2) is 0 Å². The Balaban J connectivity index is 2.10. The number of hydrogen-bond donors (Lipinski definition) is 0. The number of rotatable bonds is 1. The van der Waals surface area contributed by atoms with Gasteiger partial charge in [0.25, 0.3) is 0 Å². The van der Waals surface area contributed by atoms with Crippen molar-refractivity contribution in [3.05, 3.63) is 65.5 Å². The fraction of sp³-hybridized carbons (Fsp3) is 0.188. The molecule has 1 nitrogen and oxygen atoms in total. The molecule has 2 aromatic rings. The summed E-state index contributed by atoms with van der Waals surface area (Å²) < 4.78 is 0. The van der Waals surface area contributed by atoms with E-state index in [4.69, 9.17) is 0 Å². The van der Waals surface area contributed by atoms with Crippen LogP contribution in [0, 0.1) is 5.92 Å². The Kier molecular flexibility index (Phi) is 2.52. The first-order valence-electron chi connectivity index (χ1n) is 6.04. The molecule has 1 heterocycles. The summed E-state index contributed by atoms with van der Waals surface area (Å²) >= 11 is 0. The molecule has 0 amide bonds. The lowest BCUT2D eigenvalue weighted by Gasteiger charge is -2.23. The molecule has 1 atom stereocenters. The van der Waals surface area contributed by atoms with Crippen LogP contribution in [0.2, 0.25) is 0 Å². The molecule has 84 valence electrons. The zero-order valence-corrected chi connectivity index (χ0v) is 9.93. The first-order valence-corrected chi connectivity index (χ1v) is 6.04. The molecular formula is C16H15N. The van der Waals surface area contributed by atoms with Crippen molar-refractivity contribution < 1.29 is 0 Å². The number of pyridine rings is 1. The maximum atomic E-state index is 4.21. The van der Waals surface area contributed by atoms with Gasteiger partial charge in [-0.25, -0.2) is 0 Å². The Morgan fingerprint density at radius 2 is 2.00 bits per heavy atom. The first-order chi connectivity index (χ1) is 8.34. The van der Waals surface area contributed by atoms with Gasteiger partial charge in [-0.05, 0) is 40.7 Å². The molecule has 0 spiro atoms. The highest BCUT2D eigenvalue weighted by Crippen LogP contribution is 2.33. The van der Waals surface area contributed by atoms with E-state index in [0.717, 1.165) is 6.42 Å². The Morgan fingerprint density at radius 1 is 1.12 bits per heavy atom. The lowest BCUT2D eigenvalue weighted by Crippen LogP contribution is -2.09. The van der Waals surface area contributed by atoms with E-state index in [-0.39, 0.29) is 0 Å². The third-order valence-electron chi connectivity index (χ3n) is 3.42. The molecule has 1 aromatic heterocycles. The molecule has 3 rings (SSSR count). The zero-order chi connectivity index (χ0) is 11.7. The Morgan fingerprint density at radius 3 is 2.82 bits per heavy atom. The van der Waals surface area contributed by atoms with E-state index in [1.54, 1.807) is 0 Å². The quantitative estimate of drug-likeness (QED) is 0.713. The summed E-state index contributed by atoms with van der Waals surface area (Å²) in [4.78, 5) is 4.21. The van der Waals surface area contributed by atoms with E-state index < -0.39 is 0 Å². The van der Waals surface area contributed by atoms with E-state index >= 15 is 0 Å². The van der Waals surface area contributed by atoms with Crippen LogP contribution < -0.4 is 0 Å². The number of fused-ring (bicyclic) bond motifs is 1. The maximum absolute atomic E-state index is 4.21. The lowest BCUT2D eigenvalue weighted by molar-refractivity contribution is 0.737. The van der Waals surface area contributed by atoms with Gasteiger partial charge < -0.3 is 0 Å². The Labute approximate surface area is 102 Å². The van der Waals surface area contributed by atoms with Gasteiger partial charge in [0.05, 0.1) is 0 Å². The Bertz CT molecular complexity index is 555. The van der Waals surface area contributed by atoms with Crippen LogP contribution in [0.15, 0.2) is 48.8 Å². The Hall–Kier alpha value is -1.89. The van der Waals surface area contributed by atoms with Crippen molar-refractivity contribution in [3.63, 3.8) is 0 Å². The molecule has 0 aliphatic heterocycles. The third kappa shape index (κ3) is 1.89. The second-order valence-corrected chi connectivity index (χ2v) is 4.65.